The average molecular weight is 275 g/mol. The lowest BCUT2D eigenvalue weighted by molar-refractivity contribution is 0.165. The molecule has 0 fully saturated rings. The third-order valence-corrected chi connectivity index (χ3v) is 4.01. The van der Waals surface area contributed by atoms with E-state index in [1.54, 1.807) is 0 Å². The van der Waals surface area contributed by atoms with Crippen LogP contribution in [0.15, 0.2) is 36.6 Å². The van der Waals surface area contributed by atoms with Gasteiger partial charge in [0.2, 0.25) is 0 Å². The van der Waals surface area contributed by atoms with Crippen LogP contribution in [0.2, 0.25) is 0 Å². The van der Waals surface area contributed by atoms with Crippen molar-refractivity contribution in [3.05, 3.63) is 36.6 Å². The predicted molar refractivity (Wildman–Crippen MR) is 90.7 cm³/mol. The molecule has 0 saturated carbocycles. The first-order chi connectivity index (χ1) is 9.12. The standard InChI is InChI=1S/C19H33N/c1-16(18(2,3)4)20(19(5,6)7)15-11-14-17-12-9-8-10-13-17/h8-9,11,14,17H,1,10,12-13,15H2,2-7H3/b14-11-. The fourth-order valence-corrected chi connectivity index (χ4v) is 2.54. The van der Waals surface area contributed by atoms with E-state index in [0.717, 1.165) is 12.5 Å². The minimum Gasteiger partial charge on any atom is -0.366 e. The molecule has 0 amide bonds. The molecule has 0 aromatic carbocycles. The first-order valence-electron chi connectivity index (χ1n) is 7.91. The number of allylic oxidation sites excluding steroid dienone is 4. The van der Waals surface area contributed by atoms with Crippen molar-refractivity contribution >= 4 is 0 Å². The lowest BCUT2D eigenvalue weighted by atomic mass is 9.89. The van der Waals surface area contributed by atoms with Crippen molar-refractivity contribution < 1.29 is 0 Å². The highest BCUT2D eigenvalue weighted by atomic mass is 15.2. The van der Waals surface area contributed by atoms with Crippen molar-refractivity contribution in [3.8, 4) is 0 Å². The second-order valence-electron chi connectivity index (χ2n) is 7.95. The van der Waals surface area contributed by atoms with Gasteiger partial charge in [0, 0.05) is 23.2 Å². The average Bonchev–Trinajstić information content (AvgIpc) is 2.32. The SMILES string of the molecule is C=C(N(C/C=C\C1CC=CCC1)C(C)(C)C)C(C)(C)C. The van der Waals surface area contributed by atoms with Gasteiger partial charge in [-0.05, 0) is 46.0 Å². The molecule has 0 aromatic heterocycles. The Labute approximate surface area is 126 Å². The molecule has 1 heteroatoms. The molecule has 0 radical (unpaired) electrons. The summed E-state index contributed by atoms with van der Waals surface area (Å²) in [4.78, 5) is 2.43. The Bertz CT molecular complexity index is 374. The van der Waals surface area contributed by atoms with Gasteiger partial charge in [0.15, 0.2) is 0 Å². The summed E-state index contributed by atoms with van der Waals surface area (Å²) in [6.07, 6.45) is 13.1. The van der Waals surface area contributed by atoms with Crippen LogP contribution in [0.3, 0.4) is 0 Å². The van der Waals surface area contributed by atoms with Crippen molar-refractivity contribution in [2.45, 2.75) is 66.3 Å². The minimum absolute atomic E-state index is 0.112. The van der Waals surface area contributed by atoms with Crippen molar-refractivity contribution in [3.63, 3.8) is 0 Å². The van der Waals surface area contributed by atoms with E-state index < -0.39 is 0 Å². The highest BCUT2D eigenvalue weighted by molar-refractivity contribution is 5.10. The van der Waals surface area contributed by atoms with Crippen LogP contribution in [0.5, 0.6) is 0 Å². The van der Waals surface area contributed by atoms with Gasteiger partial charge in [0.1, 0.15) is 0 Å². The molecule has 0 aromatic rings. The smallest absolute Gasteiger partial charge is 0.0362 e. The zero-order valence-corrected chi connectivity index (χ0v) is 14.4. The van der Waals surface area contributed by atoms with E-state index in [-0.39, 0.29) is 11.0 Å². The maximum absolute atomic E-state index is 4.34. The molecular weight excluding hydrogens is 242 g/mol. The van der Waals surface area contributed by atoms with Crippen LogP contribution in [-0.2, 0) is 0 Å². The normalized spacial score (nSPS) is 20.4. The third-order valence-electron chi connectivity index (χ3n) is 4.01. The summed E-state index contributed by atoms with van der Waals surface area (Å²) in [6, 6.07) is 0. The molecule has 0 spiro atoms. The first-order valence-corrected chi connectivity index (χ1v) is 7.91. The third kappa shape index (κ3) is 5.19. The summed E-state index contributed by atoms with van der Waals surface area (Å²) < 4.78 is 0. The van der Waals surface area contributed by atoms with E-state index >= 15 is 0 Å². The predicted octanol–water partition coefficient (Wildman–Crippen LogP) is 5.56. The van der Waals surface area contributed by atoms with Crippen molar-refractivity contribution in [1.29, 1.82) is 0 Å². The summed E-state index contributed by atoms with van der Waals surface area (Å²) in [6.45, 7) is 18.8. The topological polar surface area (TPSA) is 3.24 Å². The van der Waals surface area contributed by atoms with Gasteiger partial charge in [-0.1, -0.05) is 51.7 Å². The maximum atomic E-state index is 4.34. The van der Waals surface area contributed by atoms with E-state index in [0.29, 0.717) is 0 Å². The monoisotopic (exact) mass is 275 g/mol. The second-order valence-corrected chi connectivity index (χ2v) is 7.95. The molecule has 0 saturated heterocycles. The molecule has 1 aliphatic rings. The van der Waals surface area contributed by atoms with Gasteiger partial charge in [-0.2, -0.15) is 0 Å². The minimum atomic E-state index is 0.112. The van der Waals surface area contributed by atoms with Crippen LogP contribution < -0.4 is 0 Å². The fraction of sp³-hybridized carbons (Fsp3) is 0.684. The van der Waals surface area contributed by atoms with E-state index in [1.807, 2.05) is 0 Å². The molecule has 1 aliphatic carbocycles. The largest absolute Gasteiger partial charge is 0.366 e. The fourth-order valence-electron chi connectivity index (χ4n) is 2.54. The molecule has 0 aliphatic heterocycles. The Morgan fingerprint density at radius 3 is 2.30 bits per heavy atom. The molecular formula is C19H33N. The lowest BCUT2D eigenvalue weighted by Crippen LogP contribution is -2.43. The molecule has 1 unspecified atom stereocenters. The van der Waals surface area contributed by atoms with Crippen LogP contribution in [0.4, 0.5) is 0 Å². The lowest BCUT2D eigenvalue weighted by Gasteiger charge is -2.43. The van der Waals surface area contributed by atoms with E-state index in [9.17, 15) is 0 Å². The van der Waals surface area contributed by atoms with Crippen LogP contribution >= 0.6 is 0 Å². The van der Waals surface area contributed by atoms with Crippen molar-refractivity contribution in [2.75, 3.05) is 6.54 Å². The van der Waals surface area contributed by atoms with Gasteiger partial charge >= 0.3 is 0 Å². The van der Waals surface area contributed by atoms with Crippen LogP contribution in [0, 0.1) is 11.3 Å². The quantitative estimate of drug-likeness (QED) is 0.607. The zero-order valence-electron chi connectivity index (χ0n) is 14.4. The van der Waals surface area contributed by atoms with Crippen LogP contribution in [-0.4, -0.2) is 17.0 Å². The molecule has 0 N–H and O–H groups in total. The molecule has 1 atom stereocenters. The van der Waals surface area contributed by atoms with Gasteiger partial charge in [-0.15, -0.1) is 0 Å². The Kier molecular flexibility index (Phi) is 5.68. The molecule has 1 nitrogen and oxygen atoms in total. The van der Waals surface area contributed by atoms with Gasteiger partial charge in [0.05, 0.1) is 0 Å². The Balaban J connectivity index is 2.69. The highest BCUT2D eigenvalue weighted by Gasteiger charge is 2.28. The summed E-state index contributed by atoms with van der Waals surface area (Å²) in [7, 11) is 0. The van der Waals surface area contributed by atoms with Gasteiger partial charge in [-0.3, -0.25) is 0 Å². The second kappa shape index (κ2) is 6.65. The number of hydrogen-bond donors (Lipinski definition) is 0. The van der Waals surface area contributed by atoms with Crippen LogP contribution in [0.1, 0.15) is 60.8 Å². The molecule has 114 valence electrons. The number of nitrogens with zero attached hydrogens (tertiary/aromatic N) is 1. The zero-order chi connectivity index (χ0) is 15.4. The molecule has 0 heterocycles. The Morgan fingerprint density at radius 2 is 1.85 bits per heavy atom. The van der Waals surface area contributed by atoms with E-state index in [1.165, 1.54) is 25.0 Å². The van der Waals surface area contributed by atoms with E-state index in [2.05, 4.69) is 77.3 Å². The van der Waals surface area contributed by atoms with Crippen molar-refractivity contribution in [2.24, 2.45) is 11.3 Å². The van der Waals surface area contributed by atoms with Crippen molar-refractivity contribution in [1.82, 2.24) is 4.90 Å². The number of hydrogen-bond acceptors (Lipinski definition) is 1. The molecule has 0 bridgehead atoms. The summed E-state index contributed by atoms with van der Waals surface area (Å²) >= 11 is 0. The molecule has 20 heavy (non-hydrogen) atoms. The summed E-state index contributed by atoms with van der Waals surface area (Å²) in [5.74, 6) is 0.727. The summed E-state index contributed by atoms with van der Waals surface area (Å²) in [5, 5.41) is 0. The summed E-state index contributed by atoms with van der Waals surface area (Å²) in [5.41, 5.74) is 1.45. The number of rotatable bonds is 4. The van der Waals surface area contributed by atoms with Gasteiger partial charge in [0.25, 0.3) is 0 Å². The first kappa shape index (κ1) is 17.1. The Morgan fingerprint density at radius 1 is 1.20 bits per heavy atom. The maximum Gasteiger partial charge on any atom is 0.0362 e. The van der Waals surface area contributed by atoms with Gasteiger partial charge in [-0.25, -0.2) is 0 Å². The Hall–Kier alpha value is -0.980. The molecule has 1 rings (SSSR count). The van der Waals surface area contributed by atoms with E-state index in [4.69, 9.17) is 0 Å². The van der Waals surface area contributed by atoms with Gasteiger partial charge < -0.3 is 4.90 Å². The highest BCUT2D eigenvalue weighted by Crippen LogP contribution is 2.31. The van der Waals surface area contributed by atoms with Crippen LogP contribution in [0.25, 0.3) is 0 Å².